The van der Waals surface area contributed by atoms with Crippen molar-refractivity contribution in [3.8, 4) is 11.3 Å². The molecule has 1 unspecified atom stereocenters. The Labute approximate surface area is 152 Å². The monoisotopic (exact) mass is 347 g/mol. The van der Waals surface area contributed by atoms with Gasteiger partial charge in [0.05, 0.1) is 19.4 Å². The van der Waals surface area contributed by atoms with Gasteiger partial charge in [-0.15, -0.1) is 0 Å². The topological polar surface area (TPSA) is 39.6 Å². The maximum atomic E-state index is 12.5. The normalized spacial score (nSPS) is 24.2. The molecule has 2 aromatic heterocycles. The third-order valence-electron chi connectivity index (χ3n) is 5.87. The molecule has 2 aliphatic rings. The van der Waals surface area contributed by atoms with E-state index in [1.54, 1.807) is 17.2 Å². The van der Waals surface area contributed by atoms with Gasteiger partial charge in [0.1, 0.15) is 12.3 Å². The second-order valence-corrected chi connectivity index (χ2v) is 7.68. The van der Waals surface area contributed by atoms with Crippen LogP contribution in [0.4, 0.5) is 0 Å². The molecule has 0 saturated carbocycles. The summed E-state index contributed by atoms with van der Waals surface area (Å²) in [5.41, 5.74) is 3.77. The summed E-state index contributed by atoms with van der Waals surface area (Å²) in [6.45, 7) is 4.10. The molecule has 132 valence electrons. The first-order chi connectivity index (χ1) is 12.8. The number of furan rings is 1. The SMILES string of the molecule is O=c1ccc(-c2ccco2)c2n1C[C@H]1C[C@@H]2C[NH+](Cc2ccccc2)C1. The lowest BCUT2D eigenvalue weighted by Gasteiger charge is -2.41. The Morgan fingerprint density at radius 2 is 1.92 bits per heavy atom. The van der Waals surface area contributed by atoms with E-state index in [-0.39, 0.29) is 5.56 Å². The van der Waals surface area contributed by atoms with Crippen LogP contribution in [0.3, 0.4) is 0 Å². The summed E-state index contributed by atoms with van der Waals surface area (Å²) in [5, 5.41) is 0. The van der Waals surface area contributed by atoms with Gasteiger partial charge in [-0.25, -0.2) is 0 Å². The molecule has 3 atom stereocenters. The van der Waals surface area contributed by atoms with Crippen molar-refractivity contribution in [1.82, 2.24) is 4.57 Å². The molecule has 1 fully saturated rings. The number of nitrogens with one attached hydrogen (secondary N) is 1. The van der Waals surface area contributed by atoms with Crippen molar-refractivity contribution in [1.29, 1.82) is 0 Å². The third-order valence-corrected chi connectivity index (χ3v) is 5.87. The number of aromatic nitrogens is 1. The van der Waals surface area contributed by atoms with Gasteiger partial charge in [0.2, 0.25) is 0 Å². The summed E-state index contributed by atoms with van der Waals surface area (Å²) in [7, 11) is 0. The number of likely N-dealkylation sites (tertiary alicyclic amines) is 1. The molecule has 1 aromatic carbocycles. The predicted octanol–water partition coefficient (Wildman–Crippen LogP) is 2.31. The number of piperidine rings is 1. The zero-order valence-corrected chi connectivity index (χ0v) is 14.7. The van der Waals surface area contributed by atoms with Gasteiger partial charge in [0.15, 0.2) is 0 Å². The van der Waals surface area contributed by atoms with E-state index < -0.39 is 0 Å². The molecule has 0 amide bonds. The molecular formula is C22H23N2O2+. The molecule has 26 heavy (non-hydrogen) atoms. The van der Waals surface area contributed by atoms with Gasteiger partial charge in [-0.1, -0.05) is 30.3 Å². The highest BCUT2D eigenvalue weighted by atomic mass is 16.3. The fourth-order valence-electron chi connectivity index (χ4n) is 4.91. The quantitative estimate of drug-likeness (QED) is 0.790. The van der Waals surface area contributed by atoms with Crippen LogP contribution in [0.25, 0.3) is 11.3 Å². The molecule has 4 nitrogen and oxygen atoms in total. The fraction of sp³-hybridized carbons (Fsp3) is 0.318. The second kappa shape index (κ2) is 6.29. The van der Waals surface area contributed by atoms with Crippen LogP contribution >= 0.6 is 0 Å². The highest BCUT2D eigenvalue weighted by Crippen LogP contribution is 2.36. The molecule has 1 saturated heterocycles. The number of rotatable bonds is 3. The minimum absolute atomic E-state index is 0.122. The van der Waals surface area contributed by atoms with Crippen molar-refractivity contribution in [3.63, 3.8) is 0 Å². The molecule has 5 rings (SSSR count). The molecule has 0 spiro atoms. The van der Waals surface area contributed by atoms with Crippen LogP contribution < -0.4 is 10.5 Å². The van der Waals surface area contributed by atoms with Crippen LogP contribution in [0.2, 0.25) is 0 Å². The molecular weight excluding hydrogens is 324 g/mol. The first kappa shape index (κ1) is 15.6. The number of quaternary nitrogens is 1. The number of pyridine rings is 1. The van der Waals surface area contributed by atoms with Crippen LogP contribution in [0.1, 0.15) is 23.6 Å². The molecule has 2 aliphatic heterocycles. The van der Waals surface area contributed by atoms with Crippen molar-refractivity contribution in [3.05, 3.63) is 82.5 Å². The smallest absolute Gasteiger partial charge is 0.250 e. The average molecular weight is 347 g/mol. The van der Waals surface area contributed by atoms with Crippen LogP contribution in [-0.2, 0) is 13.1 Å². The number of hydrogen-bond donors (Lipinski definition) is 1. The van der Waals surface area contributed by atoms with Crippen molar-refractivity contribution in [2.24, 2.45) is 5.92 Å². The Hall–Kier alpha value is -2.59. The van der Waals surface area contributed by atoms with E-state index in [9.17, 15) is 4.79 Å². The van der Waals surface area contributed by atoms with Crippen molar-refractivity contribution < 1.29 is 9.32 Å². The van der Waals surface area contributed by atoms with Gasteiger partial charge in [-0.3, -0.25) is 4.79 Å². The molecule has 0 aliphatic carbocycles. The Morgan fingerprint density at radius 1 is 1.04 bits per heavy atom. The molecule has 1 N–H and O–H groups in total. The van der Waals surface area contributed by atoms with Crippen LogP contribution in [0.15, 0.2) is 70.1 Å². The zero-order valence-electron chi connectivity index (χ0n) is 14.7. The predicted molar refractivity (Wildman–Crippen MR) is 100 cm³/mol. The van der Waals surface area contributed by atoms with E-state index in [4.69, 9.17) is 4.42 Å². The van der Waals surface area contributed by atoms with Crippen molar-refractivity contribution >= 4 is 0 Å². The number of fused-ring (bicyclic) bond motifs is 4. The fourth-order valence-corrected chi connectivity index (χ4v) is 4.91. The van der Waals surface area contributed by atoms with Crippen LogP contribution in [-0.4, -0.2) is 17.7 Å². The summed E-state index contributed by atoms with van der Waals surface area (Å²) in [5.74, 6) is 1.85. The van der Waals surface area contributed by atoms with Gasteiger partial charge in [-0.05, 0) is 24.6 Å². The van der Waals surface area contributed by atoms with Gasteiger partial charge in [0.25, 0.3) is 5.56 Å². The van der Waals surface area contributed by atoms with Gasteiger partial charge in [-0.2, -0.15) is 0 Å². The standard InChI is InChI=1S/C22H22N2O2/c25-21-9-8-19(20-7-4-10-26-20)22-18-11-17(14-24(21)22)13-23(15-18)12-16-5-2-1-3-6-16/h1-10,17-18H,11-15H2/p+1/t17-,18+/m0/s1. The maximum absolute atomic E-state index is 12.5. The van der Waals surface area contributed by atoms with Crippen LogP contribution in [0, 0.1) is 5.92 Å². The number of nitrogens with zero attached hydrogens (tertiary/aromatic N) is 1. The lowest BCUT2D eigenvalue weighted by molar-refractivity contribution is -0.924. The van der Waals surface area contributed by atoms with Crippen LogP contribution in [0.5, 0.6) is 0 Å². The van der Waals surface area contributed by atoms with E-state index >= 15 is 0 Å². The zero-order chi connectivity index (χ0) is 17.5. The van der Waals surface area contributed by atoms with Crippen molar-refractivity contribution in [2.45, 2.75) is 25.4 Å². The lowest BCUT2D eigenvalue weighted by Crippen LogP contribution is -3.13. The number of hydrogen-bond acceptors (Lipinski definition) is 2. The highest BCUT2D eigenvalue weighted by Gasteiger charge is 2.39. The first-order valence-electron chi connectivity index (χ1n) is 9.43. The Bertz CT molecular complexity index is 960. The molecule has 2 bridgehead atoms. The van der Waals surface area contributed by atoms with Crippen molar-refractivity contribution in [2.75, 3.05) is 13.1 Å². The van der Waals surface area contributed by atoms with Gasteiger partial charge < -0.3 is 13.9 Å². The molecule has 3 aromatic rings. The van der Waals surface area contributed by atoms with Gasteiger partial charge in [0, 0.05) is 41.3 Å². The molecule has 4 heterocycles. The minimum atomic E-state index is 0.122. The highest BCUT2D eigenvalue weighted by molar-refractivity contribution is 5.61. The second-order valence-electron chi connectivity index (χ2n) is 7.68. The van der Waals surface area contributed by atoms with E-state index in [1.165, 1.54) is 17.7 Å². The minimum Gasteiger partial charge on any atom is -0.464 e. The molecule has 4 heteroatoms. The molecule has 0 radical (unpaired) electrons. The lowest BCUT2D eigenvalue weighted by atomic mass is 9.81. The average Bonchev–Trinajstić information content (AvgIpc) is 3.18. The summed E-state index contributed by atoms with van der Waals surface area (Å²) >= 11 is 0. The Kier molecular flexibility index (Phi) is 3.79. The van der Waals surface area contributed by atoms with E-state index in [0.717, 1.165) is 37.5 Å². The maximum Gasteiger partial charge on any atom is 0.250 e. The third kappa shape index (κ3) is 2.71. The Balaban J connectivity index is 1.51. The van der Waals surface area contributed by atoms with E-state index in [1.807, 2.05) is 22.8 Å². The summed E-state index contributed by atoms with van der Waals surface area (Å²) in [6, 6.07) is 18.3. The summed E-state index contributed by atoms with van der Waals surface area (Å²) in [4.78, 5) is 14.1. The number of benzene rings is 1. The first-order valence-corrected chi connectivity index (χ1v) is 9.43. The van der Waals surface area contributed by atoms with Gasteiger partial charge >= 0.3 is 0 Å². The largest absolute Gasteiger partial charge is 0.464 e. The van der Waals surface area contributed by atoms with E-state index in [2.05, 4.69) is 30.3 Å². The van der Waals surface area contributed by atoms with E-state index in [0.29, 0.717) is 11.8 Å². The Morgan fingerprint density at radius 3 is 2.73 bits per heavy atom. The summed E-state index contributed by atoms with van der Waals surface area (Å²) < 4.78 is 7.67. The summed E-state index contributed by atoms with van der Waals surface area (Å²) in [6.07, 6.45) is 2.88.